The smallest absolute Gasteiger partial charge is 0.0538 e. The van der Waals surface area contributed by atoms with Crippen LogP contribution in [0, 0.1) is 17.3 Å². The number of allylic oxidation sites excluding steroid dienone is 21. The Morgan fingerprint density at radius 2 is 1.62 bits per heavy atom. The minimum absolute atomic E-state index is 0.0575. The van der Waals surface area contributed by atoms with Crippen molar-refractivity contribution in [2.24, 2.45) is 17.3 Å². The minimum Gasteiger partial charge on any atom is -0.313 e. The number of thioether (sulfide) groups is 2. The van der Waals surface area contributed by atoms with Gasteiger partial charge < -0.3 is 4.57 Å². The van der Waals surface area contributed by atoms with Crippen LogP contribution < -0.4 is 0 Å². The summed E-state index contributed by atoms with van der Waals surface area (Å²) in [5.74, 6) is 0.946. The summed E-state index contributed by atoms with van der Waals surface area (Å²) < 4.78 is 2.56. The third-order valence-electron chi connectivity index (χ3n) is 13.0. The van der Waals surface area contributed by atoms with Crippen molar-refractivity contribution < 1.29 is 0 Å². The highest BCUT2D eigenvalue weighted by atomic mass is 32.2. The molecule has 3 heterocycles. The summed E-state index contributed by atoms with van der Waals surface area (Å²) in [4.78, 5) is 4.62. The van der Waals surface area contributed by atoms with E-state index in [-0.39, 0.29) is 5.41 Å². The maximum absolute atomic E-state index is 2.67. The van der Waals surface area contributed by atoms with E-state index in [1.807, 2.05) is 0 Å². The van der Waals surface area contributed by atoms with Crippen LogP contribution in [0.4, 0.5) is 0 Å². The Balaban J connectivity index is 1.04. The van der Waals surface area contributed by atoms with Gasteiger partial charge in [0.15, 0.2) is 0 Å². The topological polar surface area (TPSA) is 4.93 Å². The number of hydrogen-bond acceptors (Lipinski definition) is 2. The van der Waals surface area contributed by atoms with Crippen LogP contribution in [0.15, 0.2) is 152 Å². The molecule has 0 N–H and O–H groups in total. The Morgan fingerprint density at radius 3 is 2.54 bits per heavy atom. The quantitative estimate of drug-likeness (QED) is 0.312. The number of rotatable bonds is 3. The van der Waals surface area contributed by atoms with Crippen LogP contribution in [-0.4, -0.2) is 9.82 Å². The Hall–Kier alpha value is -3.92. The van der Waals surface area contributed by atoms with E-state index < -0.39 is 0 Å². The third kappa shape index (κ3) is 4.77. The minimum atomic E-state index is -0.0575. The largest absolute Gasteiger partial charge is 0.313 e. The molecule has 1 spiro atoms. The SMILES string of the molecule is C1=CCC(C2=CC3=C(CC2)C2(C4=CCCC=C4SC4C=C(c5ccc6c(c5)c5c(n6C6=CCCC=C6)CCC=C5)C=CC42)C2=C(C=CCC2)S3)C=C1. The number of hydrogen-bond donors (Lipinski definition) is 0. The molecule has 1 saturated heterocycles. The molecule has 0 bridgehead atoms. The van der Waals surface area contributed by atoms with Crippen molar-refractivity contribution in [3.8, 4) is 0 Å². The second kappa shape index (κ2) is 12.6. The molecule has 0 radical (unpaired) electrons. The van der Waals surface area contributed by atoms with E-state index in [4.69, 9.17) is 0 Å². The van der Waals surface area contributed by atoms with E-state index in [2.05, 4.69) is 150 Å². The van der Waals surface area contributed by atoms with Gasteiger partial charge in [-0.25, -0.2) is 0 Å². The van der Waals surface area contributed by atoms with Crippen molar-refractivity contribution in [2.45, 2.75) is 75.9 Å². The second-order valence-electron chi connectivity index (χ2n) is 15.7. The van der Waals surface area contributed by atoms with Gasteiger partial charge in [0.25, 0.3) is 0 Å². The zero-order valence-electron chi connectivity index (χ0n) is 29.8. The lowest BCUT2D eigenvalue weighted by Crippen LogP contribution is -2.47. The molecule has 52 heavy (non-hydrogen) atoms. The van der Waals surface area contributed by atoms with Crippen molar-refractivity contribution in [2.75, 3.05) is 0 Å². The molecular weight excluding hydrogens is 667 g/mol. The summed E-state index contributed by atoms with van der Waals surface area (Å²) in [7, 11) is 0. The second-order valence-corrected chi connectivity index (χ2v) is 18.0. The van der Waals surface area contributed by atoms with Gasteiger partial charge in [0.2, 0.25) is 0 Å². The van der Waals surface area contributed by atoms with Gasteiger partial charge in [-0.3, -0.25) is 0 Å². The zero-order chi connectivity index (χ0) is 34.2. The van der Waals surface area contributed by atoms with Crippen molar-refractivity contribution in [1.29, 1.82) is 0 Å². The molecule has 1 aromatic heterocycles. The van der Waals surface area contributed by atoms with Gasteiger partial charge in [-0.1, -0.05) is 115 Å². The predicted octanol–water partition coefficient (Wildman–Crippen LogP) is 13.5. The highest BCUT2D eigenvalue weighted by molar-refractivity contribution is 8.07. The molecule has 1 nitrogen and oxygen atoms in total. The molecule has 0 amide bonds. The average Bonchev–Trinajstić information content (AvgIpc) is 3.55. The van der Waals surface area contributed by atoms with Gasteiger partial charge in [-0.15, -0.1) is 11.8 Å². The standard InChI is InChI=1S/C49H45NS2/c1-3-13-32(14-4-1)34-23-26-41-47(30-34)51-45-21-11-8-18-39(45)49(41)40-19-9-12-22-46(40)52-48-31-35(24-27-42(48)49)33-25-28-44-38(29-33)37-17-7-10-20-43(37)50(44)36-15-5-2-6-16-36/h1,3-5,7,11,13,15-17,19,21-22,24-25,27-32,42,48H,2,6,8-10,12,14,18,20,23,26H2. The fourth-order valence-corrected chi connectivity index (χ4v) is 13.7. The van der Waals surface area contributed by atoms with Crippen molar-refractivity contribution in [3.05, 3.63) is 169 Å². The lowest BCUT2D eigenvalue weighted by Gasteiger charge is -2.56. The van der Waals surface area contributed by atoms with Gasteiger partial charge in [-0.2, -0.15) is 0 Å². The molecule has 4 atom stereocenters. The van der Waals surface area contributed by atoms with Crippen LogP contribution in [0.3, 0.4) is 0 Å². The first-order chi connectivity index (χ1) is 25.8. The fourth-order valence-electron chi connectivity index (χ4n) is 10.8. The summed E-state index contributed by atoms with van der Waals surface area (Å²) in [6, 6.07) is 7.31. The number of fused-ring (bicyclic) bond motifs is 9. The molecule has 1 fully saturated rings. The Bertz CT molecular complexity index is 2340. The van der Waals surface area contributed by atoms with Crippen molar-refractivity contribution in [1.82, 2.24) is 4.57 Å². The number of nitrogens with zero attached hydrogens (tertiary/aromatic N) is 1. The van der Waals surface area contributed by atoms with E-state index in [1.165, 1.54) is 63.2 Å². The van der Waals surface area contributed by atoms with Crippen molar-refractivity contribution >= 4 is 51.8 Å². The van der Waals surface area contributed by atoms with Crippen LogP contribution in [0.5, 0.6) is 0 Å². The molecule has 7 aliphatic carbocycles. The Kier molecular flexibility index (Phi) is 7.65. The maximum Gasteiger partial charge on any atom is 0.0538 e. The van der Waals surface area contributed by atoms with Crippen LogP contribution >= 0.6 is 23.5 Å². The van der Waals surface area contributed by atoms with E-state index in [1.54, 1.807) is 32.1 Å². The Labute approximate surface area is 317 Å². The Morgan fingerprint density at radius 1 is 0.731 bits per heavy atom. The molecule has 2 aromatic rings. The number of benzene rings is 1. The molecular formula is C49H45NS2. The van der Waals surface area contributed by atoms with E-state index in [9.17, 15) is 0 Å². The summed E-state index contributed by atoms with van der Waals surface area (Å²) in [6.07, 6.45) is 54.4. The molecule has 2 aliphatic heterocycles. The highest BCUT2D eigenvalue weighted by Gasteiger charge is 2.57. The number of aromatic nitrogens is 1. The molecule has 9 aliphatic rings. The van der Waals surface area contributed by atoms with Gasteiger partial charge >= 0.3 is 0 Å². The van der Waals surface area contributed by atoms with Gasteiger partial charge in [0.05, 0.1) is 5.52 Å². The maximum atomic E-state index is 2.67. The van der Waals surface area contributed by atoms with E-state index >= 15 is 0 Å². The molecule has 258 valence electrons. The molecule has 1 aromatic carbocycles. The zero-order valence-corrected chi connectivity index (χ0v) is 31.5. The van der Waals surface area contributed by atoms with Crippen LogP contribution in [0.1, 0.15) is 81.0 Å². The van der Waals surface area contributed by atoms with Crippen LogP contribution in [-0.2, 0) is 6.42 Å². The third-order valence-corrected chi connectivity index (χ3v) is 15.5. The normalized spacial score (nSPS) is 29.9. The van der Waals surface area contributed by atoms with Gasteiger partial charge in [0.1, 0.15) is 0 Å². The fraction of sp³-hybridized carbons (Fsp3) is 0.306. The average molecular weight is 712 g/mol. The van der Waals surface area contributed by atoms with Crippen molar-refractivity contribution in [3.63, 3.8) is 0 Å². The predicted molar refractivity (Wildman–Crippen MR) is 225 cm³/mol. The monoisotopic (exact) mass is 711 g/mol. The van der Waals surface area contributed by atoms with Crippen LogP contribution in [0.2, 0.25) is 0 Å². The first-order valence-electron chi connectivity index (χ1n) is 19.8. The highest BCUT2D eigenvalue weighted by Crippen LogP contribution is 2.69. The molecule has 4 unspecified atom stereocenters. The summed E-state index contributed by atoms with van der Waals surface area (Å²) in [5, 5.41) is 1.78. The first-order valence-corrected chi connectivity index (χ1v) is 21.5. The molecule has 11 rings (SSSR count). The van der Waals surface area contributed by atoms with Crippen LogP contribution in [0.25, 0.3) is 28.2 Å². The lowest BCUT2D eigenvalue weighted by atomic mass is 9.54. The van der Waals surface area contributed by atoms with Gasteiger partial charge in [-0.05, 0) is 123 Å². The molecule has 3 heteroatoms. The summed E-state index contributed by atoms with van der Waals surface area (Å²) in [5.41, 5.74) is 14.9. The summed E-state index contributed by atoms with van der Waals surface area (Å²) >= 11 is 4.23. The first kappa shape index (κ1) is 31.6. The van der Waals surface area contributed by atoms with E-state index in [0.29, 0.717) is 17.1 Å². The molecule has 0 saturated carbocycles. The van der Waals surface area contributed by atoms with Gasteiger partial charge in [0, 0.05) is 59.6 Å². The summed E-state index contributed by atoms with van der Waals surface area (Å²) in [6.45, 7) is 0. The lowest BCUT2D eigenvalue weighted by molar-refractivity contribution is 0.350. The van der Waals surface area contributed by atoms with E-state index in [0.717, 1.165) is 51.4 Å².